The highest BCUT2D eigenvalue weighted by Gasteiger charge is 2.38. The fourth-order valence-electron chi connectivity index (χ4n) is 2.49. The molecule has 3 rings (SSSR count). The Balaban J connectivity index is 1.78. The summed E-state index contributed by atoms with van der Waals surface area (Å²) in [6.45, 7) is 1.55. The lowest BCUT2D eigenvalue weighted by Gasteiger charge is -2.09. The summed E-state index contributed by atoms with van der Waals surface area (Å²) in [6.07, 6.45) is -5.00. The molecule has 0 aliphatic heterocycles. The van der Waals surface area contributed by atoms with E-state index in [4.69, 9.17) is 23.2 Å². The molecule has 0 aliphatic rings. The molecule has 0 atom stereocenters. The predicted octanol–water partition coefficient (Wildman–Crippen LogP) is 5.86. The molecule has 2 amide bonds. The Hall–Kier alpha value is -2.62. The number of hydrogen-bond donors (Lipinski definition) is 2. The molecule has 0 saturated heterocycles. The van der Waals surface area contributed by atoms with E-state index in [1.54, 1.807) is 36.5 Å². The van der Waals surface area contributed by atoms with Crippen LogP contribution in [0.15, 0.2) is 47.6 Å². The van der Waals surface area contributed by atoms with E-state index in [9.17, 15) is 22.8 Å². The maximum Gasteiger partial charge on any atom is 0.471 e. The van der Waals surface area contributed by atoms with Gasteiger partial charge < -0.3 is 5.32 Å². The van der Waals surface area contributed by atoms with E-state index < -0.39 is 18.0 Å². The second kappa shape index (κ2) is 8.63. The van der Waals surface area contributed by atoms with Crippen molar-refractivity contribution in [2.24, 2.45) is 5.10 Å². The predicted molar refractivity (Wildman–Crippen MR) is 113 cm³/mol. The Morgan fingerprint density at radius 2 is 1.80 bits per heavy atom. The second-order valence-corrected chi connectivity index (χ2v) is 7.87. The number of hydrazone groups is 1. The van der Waals surface area contributed by atoms with Crippen molar-refractivity contribution < 1.29 is 22.8 Å². The number of carbonyl (C=O) groups is 2. The van der Waals surface area contributed by atoms with E-state index in [0.29, 0.717) is 21.7 Å². The molecular weight excluding hydrogens is 462 g/mol. The first-order chi connectivity index (χ1) is 14.1. The summed E-state index contributed by atoms with van der Waals surface area (Å²) in [5.74, 6) is -2.64. The van der Waals surface area contributed by atoms with Crippen molar-refractivity contribution in [2.45, 2.75) is 13.1 Å². The summed E-state index contributed by atoms with van der Waals surface area (Å²) in [7, 11) is 0. The topological polar surface area (TPSA) is 70.6 Å². The fraction of sp³-hybridized carbons (Fsp3) is 0.105. The molecule has 1 heterocycles. The van der Waals surface area contributed by atoms with Gasteiger partial charge in [-0.3, -0.25) is 9.59 Å². The summed E-state index contributed by atoms with van der Waals surface area (Å²) in [6, 6.07) is 10.8. The standard InChI is InChI=1S/C19H12Cl2F3N3O2S/c1-9(10-4-2-5-11(8-10)25-18(29)19(22,23)24)26-27-17(28)16-15(21)14-12(20)6-3-7-13(14)30-16/h2-8H,1H3,(H,25,29)(H,27,28)/b26-9-. The van der Waals surface area contributed by atoms with E-state index >= 15 is 0 Å². The summed E-state index contributed by atoms with van der Waals surface area (Å²) < 4.78 is 37.9. The third-order valence-electron chi connectivity index (χ3n) is 3.93. The van der Waals surface area contributed by atoms with Crippen LogP contribution < -0.4 is 10.7 Å². The first-order valence-corrected chi connectivity index (χ1v) is 9.85. The van der Waals surface area contributed by atoms with E-state index in [1.807, 2.05) is 0 Å². The molecule has 1 aromatic heterocycles. The number of nitrogens with zero attached hydrogens (tertiary/aromatic N) is 1. The number of rotatable bonds is 4. The zero-order chi connectivity index (χ0) is 22.1. The van der Waals surface area contributed by atoms with Gasteiger partial charge >= 0.3 is 12.1 Å². The Labute approximate surface area is 182 Å². The molecule has 2 aromatic carbocycles. The van der Waals surface area contributed by atoms with E-state index in [-0.39, 0.29) is 15.6 Å². The zero-order valence-electron chi connectivity index (χ0n) is 15.1. The molecule has 11 heteroatoms. The SMILES string of the molecule is C/C(=N/NC(=O)c1sc2cccc(Cl)c2c1Cl)c1cccc(NC(=O)C(F)(F)F)c1. The van der Waals surface area contributed by atoms with Crippen molar-refractivity contribution in [2.75, 3.05) is 5.32 Å². The van der Waals surface area contributed by atoms with Crippen molar-refractivity contribution in [1.82, 2.24) is 5.43 Å². The smallest absolute Gasteiger partial charge is 0.318 e. The molecule has 2 N–H and O–H groups in total. The number of anilines is 1. The molecule has 30 heavy (non-hydrogen) atoms. The van der Waals surface area contributed by atoms with Crippen LogP contribution in [0.1, 0.15) is 22.2 Å². The summed E-state index contributed by atoms with van der Waals surface area (Å²) in [5, 5.41) is 6.94. The molecule has 0 saturated carbocycles. The second-order valence-electron chi connectivity index (χ2n) is 6.03. The van der Waals surface area contributed by atoms with Crippen molar-refractivity contribution in [1.29, 1.82) is 0 Å². The molecule has 0 aliphatic carbocycles. The quantitative estimate of drug-likeness (QED) is 0.367. The van der Waals surface area contributed by atoms with Crippen molar-refractivity contribution in [3.05, 3.63) is 63.0 Å². The number of benzene rings is 2. The van der Waals surface area contributed by atoms with Gasteiger partial charge in [-0.1, -0.05) is 41.4 Å². The zero-order valence-corrected chi connectivity index (χ0v) is 17.4. The van der Waals surface area contributed by atoms with Crippen molar-refractivity contribution >= 4 is 67.8 Å². The monoisotopic (exact) mass is 473 g/mol. The molecule has 0 unspecified atom stereocenters. The number of carbonyl (C=O) groups excluding carboxylic acids is 2. The van der Waals surface area contributed by atoms with Crippen LogP contribution in [-0.4, -0.2) is 23.7 Å². The minimum atomic E-state index is -5.00. The van der Waals surface area contributed by atoms with Gasteiger partial charge in [-0.2, -0.15) is 18.3 Å². The summed E-state index contributed by atoms with van der Waals surface area (Å²) in [4.78, 5) is 23.8. The van der Waals surface area contributed by atoms with E-state index in [0.717, 1.165) is 16.0 Å². The Morgan fingerprint density at radius 1 is 1.10 bits per heavy atom. The average molecular weight is 474 g/mol. The van der Waals surface area contributed by atoms with Gasteiger partial charge in [0.2, 0.25) is 0 Å². The first kappa shape index (κ1) is 22.1. The van der Waals surface area contributed by atoms with Crippen LogP contribution in [0.4, 0.5) is 18.9 Å². The van der Waals surface area contributed by atoms with Crippen LogP contribution in [0, 0.1) is 0 Å². The van der Waals surface area contributed by atoms with E-state index in [1.165, 1.54) is 18.2 Å². The van der Waals surface area contributed by atoms with E-state index in [2.05, 4.69) is 10.5 Å². The third kappa shape index (κ3) is 4.75. The third-order valence-corrected chi connectivity index (χ3v) is 5.89. The number of nitrogens with one attached hydrogen (secondary N) is 2. The van der Waals surface area contributed by atoms with Crippen LogP contribution in [0.3, 0.4) is 0 Å². The van der Waals surface area contributed by atoms with Crippen molar-refractivity contribution in [3.63, 3.8) is 0 Å². The van der Waals surface area contributed by atoms with Gasteiger partial charge in [-0.15, -0.1) is 11.3 Å². The van der Waals surface area contributed by atoms with Gasteiger partial charge in [-0.25, -0.2) is 5.43 Å². The van der Waals surface area contributed by atoms with Crippen molar-refractivity contribution in [3.8, 4) is 0 Å². The van der Waals surface area contributed by atoms with Gasteiger partial charge in [0.15, 0.2) is 0 Å². The maximum atomic E-state index is 12.5. The number of alkyl halides is 3. The number of fused-ring (bicyclic) bond motifs is 1. The van der Waals surface area contributed by atoms with Gasteiger partial charge in [0.05, 0.1) is 15.8 Å². The summed E-state index contributed by atoms with van der Waals surface area (Å²) >= 11 is 13.6. The van der Waals surface area contributed by atoms with Gasteiger partial charge in [0.25, 0.3) is 5.91 Å². The molecule has 5 nitrogen and oxygen atoms in total. The van der Waals surface area contributed by atoms with Gasteiger partial charge in [0, 0.05) is 15.8 Å². The lowest BCUT2D eigenvalue weighted by molar-refractivity contribution is -0.167. The van der Waals surface area contributed by atoms with Crippen LogP contribution >= 0.6 is 34.5 Å². The molecule has 156 valence electrons. The van der Waals surface area contributed by atoms with Gasteiger partial charge in [-0.05, 0) is 36.8 Å². The fourth-order valence-corrected chi connectivity index (χ4v) is 4.34. The molecule has 0 spiro atoms. The first-order valence-electron chi connectivity index (χ1n) is 8.27. The molecule has 3 aromatic rings. The lowest BCUT2D eigenvalue weighted by Crippen LogP contribution is -2.29. The average Bonchev–Trinajstić information content (AvgIpc) is 3.03. The number of halogens is 5. The number of thiophene rings is 1. The molecule has 0 fully saturated rings. The molecule has 0 bridgehead atoms. The maximum absolute atomic E-state index is 12.5. The van der Waals surface area contributed by atoms with Crippen LogP contribution in [0.25, 0.3) is 10.1 Å². The lowest BCUT2D eigenvalue weighted by atomic mass is 10.1. The summed E-state index contributed by atoms with van der Waals surface area (Å²) in [5.41, 5.74) is 3.02. The number of hydrogen-bond acceptors (Lipinski definition) is 4. The Kier molecular flexibility index (Phi) is 6.35. The van der Waals surface area contributed by atoms with Crippen LogP contribution in [-0.2, 0) is 4.79 Å². The highest BCUT2D eigenvalue weighted by atomic mass is 35.5. The molecule has 0 radical (unpaired) electrons. The minimum absolute atomic E-state index is 0.0575. The largest absolute Gasteiger partial charge is 0.471 e. The van der Waals surface area contributed by atoms with Gasteiger partial charge in [0.1, 0.15) is 4.88 Å². The van der Waals surface area contributed by atoms with Crippen LogP contribution in [0.5, 0.6) is 0 Å². The Bertz CT molecular complexity index is 1180. The number of amides is 2. The molecular formula is C19H12Cl2F3N3O2S. The Morgan fingerprint density at radius 3 is 2.47 bits per heavy atom. The highest BCUT2D eigenvalue weighted by Crippen LogP contribution is 2.39. The highest BCUT2D eigenvalue weighted by molar-refractivity contribution is 7.21. The minimum Gasteiger partial charge on any atom is -0.318 e. The normalized spacial score (nSPS) is 12.1. The van der Waals surface area contributed by atoms with Crippen LogP contribution in [0.2, 0.25) is 10.0 Å².